The predicted molar refractivity (Wildman–Crippen MR) is 70.3 cm³/mol. The van der Waals surface area contributed by atoms with Gasteiger partial charge in [0.15, 0.2) is 0 Å². The van der Waals surface area contributed by atoms with Gasteiger partial charge in [-0.15, -0.1) is 11.6 Å². The third-order valence-corrected chi connectivity index (χ3v) is 4.17. The van der Waals surface area contributed by atoms with E-state index >= 15 is 0 Å². The molecule has 1 aromatic carbocycles. The number of hydrogen-bond donors (Lipinski definition) is 0. The van der Waals surface area contributed by atoms with Crippen LogP contribution in [0.5, 0.6) is 0 Å². The Kier molecular flexibility index (Phi) is 3.87. The smallest absolute Gasteiger partial charge is 0.227 e. The molecule has 0 spiro atoms. The Morgan fingerprint density at radius 2 is 2.00 bits per heavy atom. The molecule has 1 unspecified atom stereocenters. The van der Waals surface area contributed by atoms with Gasteiger partial charge in [0.25, 0.3) is 0 Å². The minimum atomic E-state index is -0.650. The molecule has 1 atom stereocenters. The third-order valence-electron chi connectivity index (χ3n) is 2.70. The van der Waals surface area contributed by atoms with E-state index in [9.17, 15) is 13.6 Å². The van der Waals surface area contributed by atoms with Crippen molar-refractivity contribution < 1.29 is 13.6 Å². The lowest BCUT2D eigenvalue weighted by Gasteiger charge is -2.17. The number of benzene rings is 1. The van der Waals surface area contributed by atoms with Gasteiger partial charge in [0, 0.05) is 24.5 Å². The van der Waals surface area contributed by atoms with Crippen LogP contribution in [0.3, 0.4) is 0 Å². The number of carbonyl (C=O) groups excluding carboxylic acids is 1. The van der Waals surface area contributed by atoms with Crippen molar-refractivity contribution in [2.75, 3.05) is 17.3 Å². The fourth-order valence-electron chi connectivity index (χ4n) is 1.83. The average molecular weight is 372 g/mol. The zero-order valence-corrected chi connectivity index (χ0v) is 11.6. The molecule has 0 N–H and O–H groups in total. The molecule has 1 saturated heterocycles. The molecular formula is C11H9ClF2INO. The van der Waals surface area contributed by atoms with Crippen LogP contribution in [-0.4, -0.2) is 18.3 Å². The zero-order chi connectivity index (χ0) is 12.6. The quantitative estimate of drug-likeness (QED) is 0.444. The van der Waals surface area contributed by atoms with Gasteiger partial charge < -0.3 is 4.90 Å². The van der Waals surface area contributed by atoms with Gasteiger partial charge in [-0.2, -0.15) is 0 Å². The number of rotatable bonds is 2. The van der Waals surface area contributed by atoms with Crippen molar-refractivity contribution in [3.8, 4) is 0 Å². The van der Waals surface area contributed by atoms with Crippen molar-refractivity contribution in [3.05, 3.63) is 27.3 Å². The van der Waals surface area contributed by atoms with Crippen LogP contribution in [-0.2, 0) is 4.79 Å². The molecule has 1 aliphatic heterocycles. The molecule has 0 aliphatic carbocycles. The van der Waals surface area contributed by atoms with E-state index in [2.05, 4.69) is 0 Å². The van der Waals surface area contributed by atoms with Crippen LogP contribution in [0, 0.1) is 21.1 Å². The van der Waals surface area contributed by atoms with E-state index in [1.165, 1.54) is 17.0 Å². The van der Waals surface area contributed by atoms with Crippen LogP contribution >= 0.6 is 34.2 Å². The Labute approximate surface area is 116 Å². The van der Waals surface area contributed by atoms with Gasteiger partial charge in [0.2, 0.25) is 5.91 Å². The topological polar surface area (TPSA) is 20.3 Å². The molecule has 17 heavy (non-hydrogen) atoms. The molecule has 1 aliphatic rings. The average Bonchev–Trinajstić information content (AvgIpc) is 2.67. The standard InChI is InChI=1S/C11H9ClF2INO/c12-4-6-1-10(17)16(5-6)7-2-8(13)11(15)9(14)3-7/h2-3,6H,1,4-5H2. The summed E-state index contributed by atoms with van der Waals surface area (Å²) in [5.74, 6) is -1.02. The second-order valence-corrected chi connectivity index (χ2v) is 5.34. The minimum absolute atomic E-state index is 0.0505. The van der Waals surface area contributed by atoms with Gasteiger partial charge in [-0.25, -0.2) is 8.78 Å². The van der Waals surface area contributed by atoms with Gasteiger partial charge >= 0.3 is 0 Å². The number of hydrogen-bond acceptors (Lipinski definition) is 1. The number of alkyl halides is 1. The van der Waals surface area contributed by atoms with Gasteiger partial charge in [-0.05, 0) is 40.6 Å². The Balaban J connectivity index is 2.32. The van der Waals surface area contributed by atoms with Crippen molar-refractivity contribution in [1.82, 2.24) is 0 Å². The molecule has 6 heteroatoms. The van der Waals surface area contributed by atoms with Gasteiger partial charge in [0.1, 0.15) is 11.6 Å². The van der Waals surface area contributed by atoms with Crippen molar-refractivity contribution in [2.45, 2.75) is 6.42 Å². The first-order valence-electron chi connectivity index (χ1n) is 5.03. The number of amides is 1. The molecule has 1 aromatic rings. The highest BCUT2D eigenvalue weighted by Gasteiger charge is 2.30. The van der Waals surface area contributed by atoms with E-state index in [0.29, 0.717) is 18.8 Å². The first-order valence-corrected chi connectivity index (χ1v) is 6.65. The SMILES string of the molecule is O=C1CC(CCl)CN1c1cc(F)c(I)c(F)c1. The second kappa shape index (κ2) is 5.06. The van der Waals surface area contributed by atoms with E-state index in [0.717, 1.165) is 0 Å². The number of carbonyl (C=O) groups is 1. The summed E-state index contributed by atoms with van der Waals surface area (Å²) in [7, 11) is 0. The fraction of sp³-hybridized carbons (Fsp3) is 0.364. The van der Waals surface area contributed by atoms with Gasteiger partial charge in [0.05, 0.1) is 3.57 Å². The summed E-state index contributed by atoms with van der Waals surface area (Å²) in [5.41, 5.74) is 0.262. The molecule has 0 aromatic heterocycles. The third kappa shape index (κ3) is 2.54. The normalized spacial score (nSPS) is 20.1. The largest absolute Gasteiger partial charge is 0.312 e. The first kappa shape index (κ1) is 13.0. The zero-order valence-electron chi connectivity index (χ0n) is 8.72. The summed E-state index contributed by atoms with van der Waals surface area (Å²) in [5, 5.41) is 0. The fourth-order valence-corrected chi connectivity index (χ4v) is 2.35. The predicted octanol–water partition coefficient (Wildman–Crippen LogP) is 3.16. The van der Waals surface area contributed by atoms with Crippen LogP contribution in [0.15, 0.2) is 12.1 Å². The van der Waals surface area contributed by atoms with Crippen LogP contribution in [0.2, 0.25) is 0 Å². The van der Waals surface area contributed by atoms with Crippen LogP contribution < -0.4 is 4.90 Å². The molecule has 0 radical (unpaired) electrons. The molecule has 1 heterocycles. The van der Waals surface area contributed by atoms with Crippen LogP contribution in [0.1, 0.15) is 6.42 Å². The molecule has 0 bridgehead atoms. The molecule has 92 valence electrons. The van der Waals surface area contributed by atoms with E-state index in [-0.39, 0.29) is 21.1 Å². The van der Waals surface area contributed by atoms with E-state index in [4.69, 9.17) is 11.6 Å². The lowest BCUT2D eigenvalue weighted by Crippen LogP contribution is -2.25. The van der Waals surface area contributed by atoms with Crippen LogP contribution in [0.25, 0.3) is 0 Å². The summed E-state index contributed by atoms with van der Waals surface area (Å²) in [6.45, 7) is 0.418. The first-order chi connectivity index (χ1) is 8.02. The number of nitrogens with zero attached hydrogens (tertiary/aromatic N) is 1. The maximum Gasteiger partial charge on any atom is 0.227 e. The Morgan fingerprint density at radius 3 is 2.47 bits per heavy atom. The lowest BCUT2D eigenvalue weighted by atomic mass is 10.1. The number of anilines is 1. The van der Waals surface area contributed by atoms with E-state index < -0.39 is 11.6 Å². The molecule has 0 saturated carbocycles. The van der Waals surface area contributed by atoms with Crippen molar-refractivity contribution >= 4 is 45.8 Å². The maximum atomic E-state index is 13.4. The molecule has 2 nitrogen and oxygen atoms in total. The van der Waals surface area contributed by atoms with Gasteiger partial charge in [-0.3, -0.25) is 4.79 Å². The van der Waals surface area contributed by atoms with Gasteiger partial charge in [-0.1, -0.05) is 0 Å². The second-order valence-electron chi connectivity index (χ2n) is 3.95. The maximum absolute atomic E-state index is 13.4. The summed E-state index contributed by atoms with van der Waals surface area (Å²) in [4.78, 5) is 13.1. The van der Waals surface area contributed by atoms with Crippen molar-refractivity contribution in [1.29, 1.82) is 0 Å². The molecule has 2 rings (SSSR count). The summed E-state index contributed by atoms with van der Waals surface area (Å²) in [6.07, 6.45) is 0.332. The van der Waals surface area contributed by atoms with Crippen LogP contribution in [0.4, 0.5) is 14.5 Å². The summed E-state index contributed by atoms with van der Waals surface area (Å²) >= 11 is 7.28. The summed E-state index contributed by atoms with van der Waals surface area (Å²) < 4.78 is 26.7. The highest BCUT2D eigenvalue weighted by atomic mass is 127. The Bertz CT molecular complexity index is 446. The van der Waals surface area contributed by atoms with Crippen molar-refractivity contribution in [3.63, 3.8) is 0 Å². The molecular weight excluding hydrogens is 362 g/mol. The highest BCUT2D eigenvalue weighted by molar-refractivity contribution is 14.1. The Hall–Kier alpha value is -0.430. The Morgan fingerprint density at radius 1 is 1.41 bits per heavy atom. The van der Waals surface area contributed by atoms with Crippen molar-refractivity contribution in [2.24, 2.45) is 5.92 Å². The summed E-state index contributed by atoms with van der Waals surface area (Å²) in [6, 6.07) is 2.36. The van der Waals surface area contributed by atoms with E-state index in [1.807, 2.05) is 0 Å². The highest BCUT2D eigenvalue weighted by Crippen LogP contribution is 2.29. The molecule has 1 amide bonds. The monoisotopic (exact) mass is 371 g/mol. The number of halogens is 4. The lowest BCUT2D eigenvalue weighted by molar-refractivity contribution is -0.117. The van der Waals surface area contributed by atoms with E-state index in [1.54, 1.807) is 22.6 Å². The minimum Gasteiger partial charge on any atom is -0.312 e. The molecule has 1 fully saturated rings.